The molecule has 2 heterocycles. The third kappa shape index (κ3) is 4.54. The number of carbonyl (C=O) groups is 1. The molecule has 0 N–H and O–H groups in total. The van der Waals surface area contributed by atoms with Gasteiger partial charge in [-0.05, 0) is 19.3 Å². The number of carbonyl (C=O) groups excluding carboxylic acids is 1. The van der Waals surface area contributed by atoms with E-state index in [0.29, 0.717) is 6.54 Å². The van der Waals surface area contributed by atoms with Crippen molar-refractivity contribution < 1.29 is 27.5 Å². The third-order valence-electron chi connectivity index (χ3n) is 3.23. The first-order valence-electron chi connectivity index (χ1n) is 6.91. The summed E-state index contributed by atoms with van der Waals surface area (Å²) >= 11 is 0.242. The lowest BCUT2D eigenvalue weighted by atomic mass is 10.0. The molecule has 0 aliphatic carbocycles. The zero-order chi connectivity index (χ0) is 16.2. The number of alkyl halides is 3. The van der Waals surface area contributed by atoms with Crippen LogP contribution in [0.2, 0.25) is 0 Å². The van der Waals surface area contributed by atoms with Gasteiger partial charge in [-0.1, -0.05) is 29.8 Å². The van der Waals surface area contributed by atoms with Crippen LogP contribution in [0.1, 0.15) is 37.6 Å². The second-order valence-electron chi connectivity index (χ2n) is 4.82. The van der Waals surface area contributed by atoms with Crippen LogP contribution < -0.4 is 4.74 Å². The highest BCUT2D eigenvalue weighted by molar-refractivity contribution is 7.13. The molecule has 1 saturated heterocycles. The summed E-state index contributed by atoms with van der Waals surface area (Å²) in [5.74, 6) is -0.663. The summed E-state index contributed by atoms with van der Waals surface area (Å²) in [6.45, 7) is 2.16. The lowest BCUT2D eigenvalue weighted by molar-refractivity contribution is -0.210. The van der Waals surface area contributed by atoms with E-state index >= 15 is 0 Å². The maximum absolute atomic E-state index is 12.3. The van der Waals surface area contributed by atoms with Crippen LogP contribution in [-0.2, 0) is 15.8 Å². The van der Waals surface area contributed by atoms with Gasteiger partial charge in [0.05, 0.1) is 0 Å². The van der Waals surface area contributed by atoms with Crippen molar-refractivity contribution in [1.82, 2.24) is 15.3 Å². The van der Waals surface area contributed by atoms with Gasteiger partial charge in [-0.25, -0.2) is 4.79 Å². The number of ether oxygens (including phenoxy) is 1. The molecule has 1 atom stereocenters. The van der Waals surface area contributed by atoms with Gasteiger partial charge in [0.15, 0.2) is 6.61 Å². The molecule has 2 rings (SSSR count). The molecule has 10 heteroatoms. The van der Waals surface area contributed by atoms with Crippen LogP contribution in [0.3, 0.4) is 0 Å². The molecule has 22 heavy (non-hydrogen) atoms. The molecule has 0 spiro atoms. The molecule has 0 amide bonds. The lowest BCUT2D eigenvalue weighted by Crippen LogP contribution is -2.41. The van der Waals surface area contributed by atoms with E-state index in [9.17, 15) is 18.0 Å². The van der Waals surface area contributed by atoms with Crippen molar-refractivity contribution >= 4 is 17.3 Å². The van der Waals surface area contributed by atoms with Crippen LogP contribution >= 0.6 is 11.3 Å². The molecule has 1 aromatic rings. The molecule has 1 aliphatic heterocycles. The number of hydroxylamine groups is 2. The quantitative estimate of drug-likeness (QED) is 0.822. The molecule has 0 aromatic carbocycles. The predicted octanol–water partition coefficient (Wildman–Crippen LogP) is 2.66. The Morgan fingerprint density at radius 2 is 2.18 bits per heavy atom. The van der Waals surface area contributed by atoms with Crippen LogP contribution in [-0.4, -0.2) is 40.4 Å². The van der Waals surface area contributed by atoms with Crippen molar-refractivity contribution in [2.45, 2.75) is 44.8 Å². The molecule has 1 aromatic heterocycles. The molecule has 0 radical (unpaired) electrons. The molecular weight excluding hydrogens is 323 g/mol. The monoisotopic (exact) mass is 339 g/mol. The van der Waals surface area contributed by atoms with Gasteiger partial charge in [0.1, 0.15) is 0 Å². The van der Waals surface area contributed by atoms with Gasteiger partial charge in [0.2, 0.25) is 5.01 Å². The van der Waals surface area contributed by atoms with Crippen molar-refractivity contribution in [1.29, 1.82) is 0 Å². The van der Waals surface area contributed by atoms with Crippen molar-refractivity contribution in [3.63, 3.8) is 0 Å². The number of hydrogen-bond donors (Lipinski definition) is 0. The molecule has 0 bridgehead atoms. The van der Waals surface area contributed by atoms with Gasteiger partial charge < -0.3 is 9.57 Å². The lowest BCUT2D eigenvalue weighted by Gasteiger charge is -2.32. The smallest absolute Gasteiger partial charge is 0.445 e. The van der Waals surface area contributed by atoms with Gasteiger partial charge in [-0.3, -0.25) is 0 Å². The van der Waals surface area contributed by atoms with Gasteiger partial charge in [-0.15, -0.1) is 10.2 Å². The Morgan fingerprint density at radius 3 is 2.82 bits per heavy atom. The number of piperidine rings is 1. The normalized spacial score (nSPS) is 19.9. The summed E-state index contributed by atoms with van der Waals surface area (Å²) in [4.78, 5) is 16.9. The maximum Gasteiger partial charge on any atom is 0.445 e. The SMILES string of the molecule is CCC1CCCCN1OC(=O)COc1nnc(C(F)(F)F)s1. The largest absolute Gasteiger partial charge is 0.457 e. The van der Waals surface area contributed by atoms with Crippen molar-refractivity contribution in [2.24, 2.45) is 0 Å². The molecule has 0 saturated carbocycles. The summed E-state index contributed by atoms with van der Waals surface area (Å²) in [6.07, 6.45) is -0.721. The van der Waals surface area contributed by atoms with Crippen LogP contribution in [0.25, 0.3) is 0 Å². The standard InChI is InChI=1S/C12H16F3N3O3S/c1-2-8-5-3-4-6-18(8)21-9(19)7-20-11-17-16-10(22-11)12(13,14)15/h8H,2-7H2,1H3. The first-order chi connectivity index (χ1) is 10.4. The summed E-state index contributed by atoms with van der Waals surface area (Å²) < 4.78 is 41.9. The Balaban J connectivity index is 1.81. The van der Waals surface area contributed by atoms with E-state index in [2.05, 4.69) is 10.2 Å². The van der Waals surface area contributed by atoms with Crippen LogP contribution in [0.15, 0.2) is 0 Å². The number of halogens is 3. The van der Waals surface area contributed by atoms with Crippen molar-refractivity contribution in [3.05, 3.63) is 5.01 Å². The fourth-order valence-corrected chi connectivity index (χ4v) is 2.72. The fraction of sp³-hybridized carbons (Fsp3) is 0.750. The highest BCUT2D eigenvalue weighted by Crippen LogP contribution is 2.33. The Bertz CT molecular complexity index is 509. The summed E-state index contributed by atoms with van der Waals surface area (Å²) in [6, 6.07) is 0.177. The fourth-order valence-electron chi connectivity index (χ4n) is 2.16. The Kier molecular flexibility index (Phi) is 5.57. The second-order valence-corrected chi connectivity index (χ2v) is 5.76. The molecule has 1 unspecified atom stereocenters. The third-order valence-corrected chi connectivity index (χ3v) is 4.11. The minimum absolute atomic E-state index is 0.177. The minimum atomic E-state index is -4.57. The molecule has 6 nitrogen and oxygen atoms in total. The molecular formula is C12H16F3N3O3S. The summed E-state index contributed by atoms with van der Waals surface area (Å²) in [5, 5.41) is 6.40. The topological polar surface area (TPSA) is 64.5 Å². The first kappa shape index (κ1) is 16.9. The van der Waals surface area contributed by atoms with E-state index in [4.69, 9.17) is 9.57 Å². The molecule has 124 valence electrons. The minimum Gasteiger partial charge on any atom is -0.457 e. The van der Waals surface area contributed by atoms with Gasteiger partial charge in [0, 0.05) is 12.6 Å². The van der Waals surface area contributed by atoms with E-state index in [0.717, 1.165) is 25.7 Å². The predicted molar refractivity (Wildman–Crippen MR) is 71.1 cm³/mol. The number of hydrogen-bond acceptors (Lipinski definition) is 7. The highest BCUT2D eigenvalue weighted by Gasteiger charge is 2.36. The van der Waals surface area contributed by atoms with E-state index in [1.807, 2.05) is 6.92 Å². The van der Waals surface area contributed by atoms with Crippen LogP contribution in [0, 0.1) is 0 Å². The van der Waals surface area contributed by atoms with Crippen LogP contribution in [0.5, 0.6) is 5.19 Å². The Labute approximate surface area is 129 Å². The number of rotatable bonds is 5. The average Bonchev–Trinajstić information content (AvgIpc) is 2.95. The van der Waals surface area contributed by atoms with E-state index in [1.54, 1.807) is 5.06 Å². The van der Waals surface area contributed by atoms with E-state index in [1.165, 1.54) is 0 Å². The zero-order valence-corrected chi connectivity index (χ0v) is 12.7. The van der Waals surface area contributed by atoms with Crippen molar-refractivity contribution in [2.75, 3.05) is 13.2 Å². The second kappa shape index (κ2) is 7.23. The zero-order valence-electron chi connectivity index (χ0n) is 11.9. The highest BCUT2D eigenvalue weighted by atomic mass is 32.1. The Morgan fingerprint density at radius 1 is 1.41 bits per heavy atom. The molecule has 1 fully saturated rings. The summed E-state index contributed by atoms with van der Waals surface area (Å²) in [5.41, 5.74) is 0. The van der Waals surface area contributed by atoms with Crippen LogP contribution in [0.4, 0.5) is 13.2 Å². The average molecular weight is 339 g/mol. The summed E-state index contributed by atoms with van der Waals surface area (Å²) in [7, 11) is 0. The first-order valence-corrected chi connectivity index (χ1v) is 7.72. The van der Waals surface area contributed by atoms with Gasteiger partial charge in [0.25, 0.3) is 5.19 Å². The molecule has 1 aliphatic rings. The number of nitrogens with zero attached hydrogens (tertiary/aromatic N) is 3. The van der Waals surface area contributed by atoms with Gasteiger partial charge >= 0.3 is 12.1 Å². The van der Waals surface area contributed by atoms with E-state index in [-0.39, 0.29) is 22.6 Å². The van der Waals surface area contributed by atoms with Crippen molar-refractivity contribution in [3.8, 4) is 5.19 Å². The maximum atomic E-state index is 12.3. The number of aromatic nitrogens is 2. The Hall–Kier alpha value is -1.42. The van der Waals surface area contributed by atoms with E-state index < -0.39 is 23.8 Å². The van der Waals surface area contributed by atoms with Gasteiger partial charge in [-0.2, -0.15) is 13.2 Å².